The van der Waals surface area contributed by atoms with E-state index in [1.54, 1.807) is 18.2 Å². The van der Waals surface area contributed by atoms with Crippen LogP contribution in [0.15, 0.2) is 18.2 Å². The number of anilines is 1. The molecule has 0 unspecified atom stereocenters. The van der Waals surface area contributed by atoms with Gasteiger partial charge in [-0.25, -0.2) is 4.79 Å². The maximum Gasteiger partial charge on any atom is 0.325 e. The molecule has 6 heteroatoms. The molecule has 3 amide bonds. The van der Waals surface area contributed by atoms with Crippen LogP contribution in [0.3, 0.4) is 0 Å². The highest BCUT2D eigenvalue weighted by Crippen LogP contribution is 2.29. The van der Waals surface area contributed by atoms with E-state index in [1.165, 1.54) is 14.2 Å². The summed E-state index contributed by atoms with van der Waals surface area (Å²) in [5.41, 5.74) is 0.512. The summed E-state index contributed by atoms with van der Waals surface area (Å²) in [5, 5.41) is 4.83. The second kappa shape index (κ2) is 7.37. The quantitative estimate of drug-likeness (QED) is 0.868. The smallest absolute Gasteiger partial charge is 0.325 e. The zero-order valence-electron chi connectivity index (χ0n) is 12.1. The van der Waals surface area contributed by atoms with Crippen LogP contribution in [0.4, 0.5) is 10.5 Å². The molecule has 0 heterocycles. The molecule has 0 spiro atoms. The Morgan fingerprint density at radius 3 is 2.35 bits per heavy atom. The summed E-state index contributed by atoms with van der Waals surface area (Å²) >= 11 is 0. The number of imide groups is 1. The van der Waals surface area contributed by atoms with Crippen LogP contribution < -0.4 is 20.1 Å². The first-order valence-corrected chi connectivity index (χ1v) is 6.29. The fourth-order valence-corrected chi connectivity index (χ4v) is 1.62. The van der Waals surface area contributed by atoms with E-state index in [4.69, 9.17) is 9.47 Å². The number of hydrogen-bond acceptors (Lipinski definition) is 4. The van der Waals surface area contributed by atoms with Crippen LogP contribution in [0.5, 0.6) is 11.5 Å². The standard InChI is InChI=1S/C14H20N2O4/c1-9(2)7-13(17)16-14(18)15-10-5-6-11(19-3)12(8-10)20-4/h5-6,8-9H,7H2,1-4H3,(H2,15,16,17,18). The van der Waals surface area contributed by atoms with Crippen LogP contribution in [0.2, 0.25) is 0 Å². The first-order chi connectivity index (χ1) is 9.46. The molecule has 0 saturated heterocycles. The first-order valence-electron chi connectivity index (χ1n) is 6.29. The number of benzene rings is 1. The molecule has 0 saturated carbocycles. The van der Waals surface area contributed by atoms with Gasteiger partial charge in [0.2, 0.25) is 5.91 Å². The van der Waals surface area contributed by atoms with E-state index < -0.39 is 6.03 Å². The molecule has 1 aromatic carbocycles. The van der Waals surface area contributed by atoms with E-state index in [2.05, 4.69) is 10.6 Å². The number of urea groups is 1. The number of nitrogens with one attached hydrogen (secondary N) is 2. The molecule has 110 valence electrons. The van der Waals surface area contributed by atoms with Crippen LogP contribution >= 0.6 is 0 Å². The maximum atomic E-state index is 11.6. The third-order valence-corrected chi connectivity index (χ3v) is 2.49. The number of carbonyl (C=O) groups is 2. The molecule has 6 nitrogen and oxygen atoms in total. The van der Waals surface area contributed by atoms with Crippen LogP contribution in [0.1, 0.15) is 20.3 Å². The van der Waals surface area contributed by atoms with Crippen molar-refractivity contribution in [1.29, 1.82) is 0 Å². The van der Waals surface area contributed by atoms with Crippen molar-refractivity contribution in [1.82, 2.24) is 5.32 Å². The fourth-order valence-electron chi connectivity index (χ4n) is 1.62. The van der Waals surface area contributed by atoms with Gasteiger partial charge >= 0.3 is 6.03 Å². The fraction of sp³-hybridized carbons (Fsp3) is 0.429. The molecule has 0 aliphatic carbocycles. The van der Waals surface area contributed by atoms with Gasteiger partial charge in [0.15, 0.2) is 11.5 Å². The highest BCUT2D eigenvalue weighted by atomic mass is 16.5. The summed E-state index contributed by atoms with van der Waals surface area (Å²) in [6, 6.07) is 4.38. The number of ether oxygens (including phenoxy) is 2. The molecule has 1 rings (SSSR count). The Hall–Kier alpha value is -2.24. The molecular weight excluding hydrogens is 260 g/mol. The Balaban J connectivity index is 2.64. The zero-order chi connectivity index (χ0) is 15.1. The predicted octanol–water partition coefficient (Wildman–Crippen LogP) is 2.40. The van der Waals surface area contributed by atoms with E-state index in [1.807, 2.05) is 13.8 Å². The molecule has 20 heavy (non-hydrogen) atoms. The lowest BCUT2D eigenvalue weighted by atomic mass is 10.1. The summed E-state index contributed by atoms with van der Waals surface area (Å²) < 4.78 is 10.2. The third-order valence-electron chi connectivity index (χ3n) is 2.49. The Labute approximate surface area is 118 Å². The molecule has 0 atom stereocenters. The lowest BCUT2D eigenvalue weighted by Gasteiger charge is -2.11. The second-order valence-electron chi connectivity index (χ2n) is 4.67. The molecule has 0 aromatic heterocycles. The monoisotopic (exact) mass is 280 g/mol. The number of hydrogen-bond donors (Lipinski definition) is 2. The largest absolute Gasteiger partial charge is 0.493 e. The first kappa shape index (κ1) is 15.8. The van der Waals surface area contributed by atoms with Crippen molar-refractivity contribution >= 4 is 17.6 Å². The Morgan fingerprint density at radius 2 is 1.80 bits per heavy atom. The second-order valence-corrected chi connectivity index (χ2v) is 4.67. The van der Waals surface area contributed by atoms with E-state index in [0.717, 1.165) is 0 Å². The molecule has 2 N–H and O–H groups in total. The Bertz CT molecular complexity index is 486. The summed E-state index contributed by atoms with van der Waals surface area (Å²) in [7, 11) is 3.04. The number of amides is 3. The van der Waals surface area contributed by atoms with Gasteiger partial charge in [0.1, 0.15) is 0 Å². The minimum absolute atomic E-state index is 0.198. The number of methoxy groups -OCH3 is 2. The van der Waals surface area contributed by atoms with E-state index >= 15 is 0 Å². The van der Waals surface area contributed by atoms with Crippen molar-refractivity contribution in [3.05, 3.63) is 18.2 Å². The average molecular weight is 280 g/mol. The SMILES string of the molecule is COc1ccc(NC(=O)NC(=O)CC(C)C)cc1OC. The van der Waals surface area contributed by atoms with Crippen molar-refractivity contribution in [2.75, 3.05) is 19.5 Å². The Morgan fingerprint density at radius 1 is 1.15 bits per heavy atom. The normalized spacial score (nSPS) is 10.1. The van der Waals surface area contributed by atoms with E-state index in [0.29, 0.717) is 23.6 Å². The lowest BCUT2D eigenvalue weighted by molar-refractivity contribution is -0.120. The third kappa shape index (κ3) is 4.79. The van der Waals surface area contributed by atoms with Gasteiger partial charge in [0.25, 0.3) is 0 Å². The van der Waals surface area contributed by atoms with Crippen molar-refractivity contribution in [2.45, 2.75) is 20.3 Å². The summed E-state index contributed by atoms with van der Waals surface area (Å²) in [6.07, 6.45) is 0.305. The Kier molecular flexibility index (Phi) is 5.83. The average Bonchev–Trinajstić information content (AvgIpc) is 2.37. The van der Waals surface area contributed by atoms with Gasteiger partial charge in [-0.1, -0.05) is 13.8 Å². The molecule has 0 aliphatic heterocycles. The topological polar surface area (TPSA) is 76.7 Å². The van der Waals surface area contributed by atoms with E-state index in [9.17, 15) is 9.59 Å². The lowest BCUT2D eigenvalue weighted by Crippen LogP contribution is -2.34. The summed E-state index contributed by atoms with van der Waals surface area (Å²) in [6.45, 7) is 3.82. The molecule has 0 aliphatic rings. The zero-order valence-corrected chi connectivity index (χ0v) is 12.1. The highest BCUT2D eigenvalue weighted by Gasteiger charge is 2.11. The van der Waals surface area contributed by atoms with Gasteiger partial charge in [0.05, 0.1) is 14.2 Å². The predicted molar refractivity (Wildman–Crippen MR) is 76.2 cm³/mol. The molecular formula is C14H20N2O4. The van der Waals surface area contributed by atoms with Gasteiger partial charge in [-0.05, 0) is 18.1 Å². The molecule has 0 bridgehead atoms. The minimum atomic E-state index is -0.567. The van der Waals surface area contributed by atoms with Crippen LogP contribution in [0, 0.1) is 5.92 Å². The van der Waals surface area contributed by atoms with Crippen LogP contribution in [0.25, 0.3) is 0 Å². The van der Waals surface area contributed by atoms with E-state index in [-0.39, 0.29) is 11.8 Å². The molecule has 0 fully saturated rings. The number of carbonyl (C=O) groups excluding carboxylic acids is 2. The van der Waals surface area contributed by atoms with Crippen molar-refractivity contribution in [3.8, 4) is 11.5 Å². The van der Waals surface area contributed by atoms with Crippen molar-refractivity contribution in [3.63, 3.8) is 0 Å². The van der Waals surface area contributed by atoms with Gasteiger partial charge in [-0.15, -0.1) is 0 Å². The summed E-state index contributed by atoms with van der Waals surface area (Å²) in [5.74, 6) is 0.954. The minimum Gasteiger partial charge on any atom is -0.493 e. The van der Waals surface area contributed by atoms with Crippen LogP contribution in [-0.2, 0) is 4.79 Å². The molecule has 0 radical (unpaired) electrons. The van der Waals surface area contributed by atoms with Gasteiger partial charge in [-0.3, -0.25) is 10.1 Å². The maximum absolute atomic E-state index is 11.6. The van der Waals surface area contributed by atoms with Gasteiger partial charge < -0.3 is 14.8 Å². The van der Waals surface area contributed by atoms with Crippen molar-refractivity contribution in [2.24, 2.45) is 5.92 Å². The molecule has 1 aromatic rings. The summed E-state index contributed by atoms with van der Waals surface area (Å²) in [4.78, 5) is 23.1. The number of rotatable bonds is 5. The van der Waals surface area contributed by atoms with Gasteiger partial charge in [-0.2, -0.15) is 0 Å². The van der Waals surface area contributed by atoms with Crippen LogP contribution in [-0.4, -0.2) is 26.2 Å². The van der Waals surface area contributed by atoms with Crippen molar-refractivity contribution < 1.29 is 19.1 Å². The highest BCUT2D eigenvalue weighted by molar-refractivity contribution is 6.01. The van der Waals surface area contributed by atoms with Gasteiger partial charge in [0, 0.05) is 18.2 Å².